The molecule has 0 radical (unpaired) electrons. The Balaban J connectivity index is 3.32. The Labute approximate surface area is 115 Å². The Hall–Kier alpha value is -0.950. The van der Waals surface area contributed by atoms with E-state index in [4.69, 9.17) is 10.8 Å². The van der Waals surface area contributed by atoms with Gasteiger partial charge in [0.05, 0.1) is 11.5 Å². The van der Waals surface area contributed by atoms with Crippen molar-refractivity contribution in [2.45, 2.75) is 38.3 Å². The van der Waals surface area contributed by atoms with Crippen LogP contribution in [0.5, 0.6) is 0 Å². The van der Waals surface area contributed by atoms with Gasteiger partial charge in [0.1, 0.15) is 0 Å². The summed E-state index contributed by atoms with van der Waals surface area (Å²) in [5, 5.41) is 9.04. The summed E-state index contributed by atoms with van der Waals surface area (Å²) in [6, 6.07) is 4.97. The molecule has 0 bridgehead atoms. The van der Waals surface area contributed by atoms with Crippen LogP contribution in [-0.4, -0.2) is 37.0 Å². The van der Waals surface area contributed by atoms with Gasteiger partial charge in [-0.2, -0.15) is 4.31 Å². The fraction of sp³-hybridized carbons (Fsp3) is 0.538. The van der Waals surface area contributed by atoms with Crippen molar-refractivity contribution in [1.82, 2.24) is 4.31 Å². The normalized spacial score (nSPS) is 12.4. The van der Waals surface area contributed by atoms with Crippen LogP contribution in [0.2, 0.25) is 0 Å². The number of nitrogens with zero attached hydrogens (tertiary/aromatic N) is 1. The molecule has 6 heteroatoms. The van der Waals surface area contributed by atoms with Crippen molar-refractivity contribution in [1.29, 1.82) is 0 Å². The minimum atomic E-state index is -3.61. The third-order valence-corrected chi connectivity index (χ3v) is 5.19. The number of hydrogen-bond acceptors (Lipinski definition) is 4. The molecule has 0 heterocycles. The standard InChI is InChI=1S/C13H22N2O3S/c1-10(2)15(6-7-16)19(17,18)13-8-12(9-14)5-4-11(13)3/h4-5,8,10,16H,6-7,9,14H2,1-3H3. The Morgan fingerprint density at radius 2 is 2.00 bits per heavy atom. The number of rotatable bonds is 6. The third-order valence-electron chi connectivity index (χ3n) is 2.97. The lowest BCUT2D eigenvalue weighted by Gasteiger charge is -2.26. The number of hydrogen-bond donors (Lipinski definition) is 2. The molecule has 0 saturated heterocycles. The van der Waals surface area contributed by atoms with Crippen molar-refractivity contribution in [3.05, 3.63) is 29.3 Å². The first kappa shape index (κ1) is 16.1. The van der Waals surface area contributed by atoms with Crippen molar-refractivity contribution >= 4 is 10.0 Å². The molecule has 1 rings (SSSR count). The lowest BCUT2D eigenvalue weighted by Crippen LogP contribution is -2.39. The van der Waals surface area contributed by atoms with E-state index in [9.17, 15) is 8.42 Å². The minimum Gasteiger partial charge on any atom is -0.395 e. The summed E-state index contributed by atoms with van der Waals surface area (Å²) < 4.78 is 26.6. The molecule has 0 spiro atoms. The van der Waals surface area contributed by atoms with Crippen molar-refractivity contribution < 1.29 is 13.5 Å². The van der Waals surface area contributed by atoms with Crippen LogP contribution >= 0.6 is 0 Å². The van der Waals surface area contributed by atoms with E-state index in [2.05, 4.69) is 0 Å². The van der Waals surface area contributed by atoms with Crippen LogP contribution in [0, 0.1) is 6.92 Å². The molecule has 1 aromatic carbocycles. The van der Waals surface area contributed by atoms with Crippen LogP contribution in [-0.2, 0) is 16.6 Å². The molecule has 0 aliphatic carbocycles. The molecule has 0 aromatic heterocycles. The summed E-state index contributed by atoms with van der Waals surface area (Å²) in [5.41, 5.74) is 7.01. The number of aliphatic hydroxyl groups is 1. The van der Waals surface area contributed by atoms with E-state index in [1.807, 2.05) is 6.07 Å². The molecule has 0 unspecified atom stereocenters. The van der Waals surface area contributed by atoms with Gasteiger partial charge in [-0.1, -0.05) is 12.1 Å². The van der Waals surface area contributed by atoms with E-state index < -0.39 is 10.0 Å². The summed E-state index contributed by atoms with van der Waals surface area (Å²) in [6.45, 7) is 5.51. The average Bonchev–Trinajstić information content (AvgIpc) is 2.35. The highest BCUT2D eigenvalue weighted by atomic mass is 32.2. The quantitative estimate of drug-likeness (QED) is 0.812. The fourth-order valence-corrected chi connectivity index (χ4v) is 3.84. The van der Waals surface area contributed by atoms with Crippen LogP contribution in [0.25, 0.3) is 0 Å². The van der Waals surface area contributed by atoms with Gasteiger partial charge in [-0.05, 0) is 38.0 Å². The van der Waals surface area contributed by atoms with E-state index in [0.29, 0.717) is 12.1 Å². The zero-order valence-corrected chi connectivity index (χ0v) is 12.4. The predicted molar refractivity (Wildman–Crippen MR) is 75.2 cm³/mol. The van der Waals surface area contributed by atoms with Crippen LogP contribution < -0.4 is 5.73 Å². The van der Waals surface area contributed by atoms with Crippen LogP contribution in [0.3, 0.4) is 0 Å². The number of nitrogens with two attached hydrogens (primary N) is 1. The Morgan fingerprint density at radius 3 is 2.47 bits per heavy atom. The molecular weight excluding hydrogens is 264 g/mol. The number of benzene rings is 1. The van der Waals surface area contributed by atoms with Crippen LogP contribution in [0.1, 0.15) is 25.0 Å². The van der Waals surface area contributed by atoms with Gasteiger partial charge in [-0.3, -0.25) is 0 Å². The van der Waals surface area contributed by atoms with Crippen molar-refractivity contribution in [3.8, 4) is 0 Å². The van der Waals surface area contributed by atoms with Gasteiger partial charge in [0, 0.05) is 19.1 Å². The maximum absolute atomic E-state index is 12.6. The highest BCUT2D eigenvalue weighted by Crippen LogP contribution is 2.22. The largest absolute Gasteiger partial charge is 0.395 e. The highest BCUT2D eigenvalue weighted by Gasteiger charge is 2.27. The zero-order chi connectivity index (χ0) is 14.6. The van der Waals surface area contributed by atoms with Crippen molar-refractivity contribution in [2.24, 2.45) is 5.73 Å². The second kappa shape index (κ2) is 6.47. The first-order valence-corrected chi connectivity index (χ1v) is 7.71. The summed E-state index contributed by atoms with van der Waals surface area (Å²) in [5.74, 6) is 0. The lowest BCUT2D eigenvalue weighted by molar-refractivity contribution is 0.236. The molecule has 108 valence electrons. The molecule has 0 amide bonds. The lowest BCUT2D eigenvalue weighted by atomic mass is 10.1. The number of aliphatic hydroxyl groups excluding tert-OH is 1. The predicted octanol–water partition coefficient (Wildman–Crippen LogP) is 0.845. The van der Waals surface area contributed by atoms with E-state index >= 15 is 0 Å². The van der Waals surface area contributed by atoms with E-state index in [-0.39, 0.29) is 24.1 Å². The van der Waals surface area contributed by atoms with E-state index in [1.54, 1.807) is 32.9 Å². The van der Waals surface area contributed by atoms with Gasteiger partial charge in [-0.15, -0.1) is 0 Å². The third kappa shape index (κ3) is 3.54. The molecule has 0 atom stereocenters. The first-order valence-electron chi connectivity index (χ1n) is 6.27. The average molecular weight is 286 g/mol. The smallest absolute Gasteiger partial charge is 0.243 e. The Morgan fingerprint density at radius 1 is 1.37 bits per heavy atom. The van der Waals surface area contributed by atoms with Crippen molar-refractivity contribution in [2.75, 3.05) is 13.2 Å². The van der Waals surface area contributed by atoms with E-state index in [0.717, 1.165) is 5.56 Å². The Kier molecular flexibility index (Phi) is 5.49. The zero-order valence-electron chi connectivity index (χ0n) is 11.6. The summed E-state index contributed by atoms with van der Waals surface area (Å²) in [4.78, 5) is 0.262. The molecule has 1 aromatic rings. The highest BCUT2D eigenvalue weighted by molar-refractivity contribution is 7.89. The van der Waals surface area contributed by atoms with Gasteiger partial charge in [-0.25, -0.2) is 8.42 Å². The first-order chi connectivity index (χ1) is 8.84. The molecule has 0 fully saturated rings. The fourth-order valence-electron chi connectivity index (χ4n) is 1.93. The van der Waals surface area contributed by atoms with Crippen LogP contribution in [0.15, 0.2) is 23.1 Å². The summed E-state index contributed by atoms with van der Waals surface area (Å²) in [6.07, 6.45) is 0. The monoisotopic (exact) mass is 286 g/mol. The summed E-state index contributed by atoms with van der Waals surface area (Å²) in [7, 11) is -3.61. The SMILES string of the molecule is Cc1ccc(CN)cc1S(=O)(=O)N(CCO)C(C)C. The maximum atomic E-state index is 12.6. The van der Waals surface area contributed by atoms with Gasteiger partial charge in [0.2, 0.25) is 10.0 Å². The molecule has 19 heavy (non-hydrogen) atoms. The maximum Gasteiger partial charge on any atom is 0.243 e. The number of aryl methyl sites for hydroxylation is 1. The number of sulfonamides is 1. The van der Waals surface area contributed by atoms with Crippen molar-refractivity contribution in [3.63, 3.8) is 0 Å². The second-order valence-corrected chi connectivity index (χ2v) is 6.60. The van der Waals surface area contributed by atoms with Gasteiger partial charge >= 0.3 is 0 Å². The van der Waals surface area contributed by atoms with E-state index in [1.165, 1.54) is 4.31 Å². The molecular formula is C13H22N2O3S. The molecule has 3 N–H and O–H groups in total. The molecule has 0 saturated carbocycles. The van der Waals surface area contributed by atoms with Gasteiger partial charge < -0.3 is 10.8 Å². The minimum absolute atomic E-state index is 0.0896. The second-order valence-electron chi connectivity index (χ2n) is 4.74. The van der Waals surface area contributed by atoms with Gasteiger partial charge in [0.25, 0.3) is 0 Å². The molecule has 0 aliphatic heterocycles. The molecule has 0 aliphatic rings. The molecule has 5 nitrogen and oxygen atoms in total. The Bertz CT molecular complexity index is 527. The topological polar surface area (TPSA) is 83.6 Å². The van der Waals surface area contributed by atoms with Gasteiger partial charge in [0.15, 0.2) is 0 Å². The van der Waals surface area contributed by atoms with Crippen LogP contribution in [0.4, 0.5) is 0 Å². The summed E-state index contributed by atoms with van der Waals surface area (Å²) >= 11 is 0.